The summed E-state index contributed by atoms with van der Waals surface area (Å²) in [6.07, 6.45) is 7.37. The van der Waals surface area contributed by atoms with Crippen molar-refractivity contribution in [2.45, 2.75) is 6.42 Å². The van der Waals surface area contributed by atoms with Crippen molar-refractivity contribution in [2.75, 3.05) is 13.2 Å². The smallest absolute Gasteiger partial charge is 0.271 e. The lowest BCUT2D eigenvalue weighted by Crippen LogP contribution is -2.26. The highest BCUT2D eigenvalue weighted by atomic mass is 19.1. The number of nitrogens with one attached hydrogen (secondary N) is 1. The van der Waals surface area contributed by atoms with Gasteiger partial charge in [-0.3, -0.25) is 4.79 Å². The highest BCUT2D eigenvalue weighted by Crippen LogP contribution is 2.13. The number of terminal acetylenes is 1. The zero-order chi connectivity index (χ0) is 19.1. The summed E-state index contributed by atoms with van der Waals surface area (Å²) in [5.41, 5.74) is 1.58. The second-order valence-corrected chi connectivity index (χ2v) is 5.74. The van der Waals surface area contributed by atoms with Crippen LogP contribution in [0.3, 0.4) is 0 Å². The average molecular weight is 363 g/mol. The van der Waals surface area contributed by atoms with Gasteiger partial charge in [-0.2, -0.15) is 5.10 Å². The molecule has 0 fully saturated rings. The molecule has 1 aromatic heterocycles. The summed E-state index contributed by atoms with van der Waals surface area (Å²) >= 11 is 0. The first kappa shape index (κ1) is 18.2. The summed E-state index contributed by atoms with van der Waals surface area (Å²) in [6, 6.07) is 15.3. The number of benzene rings is 2. The number of halogens is 1. The van der Waals surface area contributed by atoms with E-state index in [2.05, 4.69) is 16.3 Å². The first-order chi connectivity index (χ1) is 13.2. The molecule has 6 heteroatoms. The molecule has 1 heterocycles. The molecular weight excluding hydrogens is 345 g/mol. The fourth-order valence-electron chi connectivity index (χ4n) is 2.51. The summed E-state index contributed by atoms with van der Waals surface area (Å²) in [6.45, 7) is 0.685. The standard InChI is InChI=1S/C21H18FN3O2/c1-2-15-27-17-9-7-16(8-10-17)11-13-23-21(26)19-12-14-25(24-19)20-6-4-3-5-18(20)22/h1,3-10,12,14H,11,13,15H2,(H,23,26). The van der Waals surface area contributed by atoms with Gasteiger partial charge in [0, 0.05) is 12.7 Å². The Kier molecular flexibility index (Phi) is 5.85. The molecule has 0 atom stereocenters. The van der Waals surface area contributed by atoms with Crippen LogP contribution < -0.4 is 10.1 Å². The summed E-state index contributed by atoms with van der Waals surface area (Å²) in [5, 5.41) is 6.95. The predicted molar refractivity (Wildman–Crippen MR) is 100 cm³/mol. The number of carbonyl (C=O) groups is 1. The fourth-order valence-corrected chi connectivity index (χ4v) is 2.51. The average Bonchev–Trinajstić information content (AvgIpc) is 3.18. The molecule has 1 amide bonds. The molecule has 0 aliphatic carbocycles. The number of rotatable bonds is 7. The van der Waals surface area contributed by atoms with Gasteiger partial charge in [0.15, 0.2) is 5.69 Å². The second kappa shape index (κ2) is 8.68. The first-order valence-corrected chi connectivity index (χ1v) is 8.41. The third-order valence-corrected chi connectivity index (χ3v) is 3.87. The van der Waals surface area contributed by atoms with Gasteiger partial charge in [0.1, 0.15) is 23.9 Å². The van der Waals surface area contributed by atoms with Gasteiger partial charge in [-0.15, -0.1) is 6.42 Å². The summed E-state index contributed by atoms with van der Waals surface area (Å²) in [5.74, 6) is 2.41. The van der Waals surface area contributed by atoms with Crippen molar-refractivity contribution in [3.05, 3.63) is 77.9 Å². The maximum absolute atomic E-state index is 13.8. The topological polar surface area (TPSA) is 56.1 Å². The summed E-state index contributed by atoms with van der Waals surface area (Å²) in [7, 11) is 0. The second-order valence-electron chi connectivity index (χ2n) is 5.74. The van der Waals surface area contributed by atoms with Crippen molar-refractivity contribution in [3.8, 4) is 23.8 Å². The first-order valence-electron chi connectivity index (χ1n) is 8.41. The van der Waals surface area contributed by atoms with Crippen LogP contribution in [0, 0.1) is 18.2 Å². The minimum Gasteiger partial charge on any atom is -0.481 e. The Labute approximate surface area is 156 Å². The van der Waals surface area contributed by atoms with E-state index >= 15 is 0 Å². The Morgan fingerprint density at radius 3 is 2.70 bits per heavy atom. The quantitative estimate of drug-likeness (QED) is 0.657. The number of hydrogen-bond donors (Lipinski definition) is 1. The number of aromatic nitrogens is 2. The largest absolute Gasteiger partial charge is 0.481 e. The zero-order valence-corrected chi connectivity index (χ0v) is 14.6. The predicted octanol–water partition coefficient (Wildman–Crippen LogP) is 3.00. The number of ether oxygens (including phenoxy) is 1. The molecule has 136 valence electrons. The molecule has 3 aromatic rings. The van der Waals surface area contributed by atoms with E-state index in [9.17, 15) is 9.18 Å². The van der Waals surface area contributed by atoms with E-state index < -0.39 is 5.82 Å². The third kappa shape index (κ3) is 4.73. The third-order valence-electron chi connectivity index (χ3n) is 3.87. The highest BCUT2D eigenvalue weighted by molar-refractivity contribution is 5.92. The molecule has 3 rings (SSSR count). The van der Waals surface area contributed by atoms with Gasteiger partial charge in [-0.05, 0) is 42.3 Å². The number of nitrogens with zero attached hydrogens (tertiary/aromatic N) is 2. The highest BCUT2D eigenvalue weighted by Gasteiger charge is 2.11. The van der Waals surface area contributed by atoms with E-state index in [1.807, 2.05) is 24.3 Å². The molecule has 0 bridgehead atoms. The lowest BCUT2D eigenvalue weighted by Gasteiger charge is -2.06. The van der Waals surface area contributed by atoms with Gasteiger partial charge in [-0.1, -0.05) is 30.2 Å². The molecule has 0 unspecified atom stereocenters. The van der Waals surface area contributed by atoms with Crippen LogP contribution in [0.2, 0.25) is 0 Å². The Bertz CT molecular complexity index is 958. The SMILES string of the molecule is C#CCOc1ccc(CCNC(=O)c2ccn(-c3ccccc3F)n2)cc1. The van der Waals surface area contributed by atoms with E-state index in [0.29, 0.717) is 24.4 Å². The molecule has 0 aliphatic heterocycles. The monoisotopic (exact) mass is 363 g/mol. The van der Waals surface area contributed by atoms with E-state index in [1.54, 1.807) is 30.5 Å². The van der Waals surface area contributed by atoms with Crippen molar-refractivity contribution in [3.63, 3.8) is 0 Å². The molecule has 5 nitrogen and oxygen atoms in total. The van der Waals surface area contributed by atoms with Crippen LogP contribution in [0.25, 0.3) is 5.69 Å². The van der Waals surface area contributed by atoms with Crippen LogP contribution in [0.4, 0.5) is 4.39 Å². The van der Waals surface area contributed by atoms with Crippen LogP contribution in [-0.4, -0.2) is 28.8 Å². The molecule has 0 saturated heterocycles. The Morgan fingerprint density at radius 1 is 1.19 bits per heavy atom. The maximum atomic E-state index is 13.8. The molecule has 2 aromatic carbocycles. The van der Waals surface area contributed by atoms with Crippen LogP contribution in [0.1, 0.15) is 16.1 Å². The van der Waals surface area contributed by atoms with Crippen molar-refractivity contribution < 1.29 is 13.9 Å². The van der Waals surface area contributed by atoms with Gasteiger partial charge in [0.2, 0.25) is 0 Å². The van der Waals surface area contributed by atoms with E-state index in [4.69, 9.17) is 11.2 Å². The molecule has 0 spiro atoms. The van der Waals surface area contributed by atoms with E-state index in [0.717, 1.165) is 5.56 Å². The lowest BCUT2D eigenvalue weighted by molar-refractivity contribution is 0.0948. The fraction of sp³-hybridized carbons (Fsp3) is 0.143. The van der Waals surface area contributed by atoms with Gasteiger partial charge < -0.3 is 10.1 Å². The van der Waals surface area contributed by atoms with Crippen molar-refractivity contribution >= 4 is 5.91 Å². The molecule has 27 heavy (non-hydrogen) atoms. The van der Waals surface area contributed by atoms with Gasteiger partial charge in [-0.25, -0.2) is 9.07 Å². The molecule has 0 aliphatic rings. The summed E-state index contributed by atoms with van der Waals surface area (Å²) in [4.78, 5) is 12.2. The number of carbonyl (C=O) groups excluding carboxylic acids is 1. The molecule has 0 saturated carbocycles. The van der Waals surface area contributed by atoms with Gasteiger partial charge in [0.05, 0.1) is 0 Å². The van der Waals surface area contributed by atoms with Crippen LogP contribution >= 0.6 is 0 Å². The van der Waals surface area contributed by atoms with Gasteiger partial charge in [0.25, 0.3) is 5.91 Å². The number of amides is 1. The maximum Gasteiger partial charge on any atom is 0.271 e. The Hall–Kier alpha value is -3.59. The Balaban J connectivity index is 1.53. The molecular formula is C21H18FN3O2. The van der Waals surface area contributed by atoms with Crippen molar-refractivity contribution in [1.29, 1.82) is 0 Å². The lowest BCUT2D eigenvalue weighted by atomic mass is 10.1. The number of hydrogen-bond acceptors (Lipinski definition) is 3. The van der Waals surface area contributed by atoms with Crippen LogP contribution in [-0.2, 0) is 6.42 Å². The van der Waals surface area contributed by atoms with Crippen LogP contribution in [0.15, 0.2) is 60.8 Å². The van der Waals surface area contributed by atoms with Crippen molar-refractivity contribution in [1.82, 2.24) is 15.1 Å². The normalized spacial score (nSPS) is 10.2. The number of para-hydroxylation sites is 1. The molecule has 1 N–H and O–H groups in total. The summed E-state index contributed by atoms with van der Waals surface area (Å²) < 4.78 is 20.5. The minimum atomic E-state index is -0.401. The van der Waals surface area contributed by atoms with Crippen molar-refractivity contribution in [2.24, 2.45) is 0 Å². The zero-order valence-electron chi connectivity index (χ0n) is 14.6. The van der Waals surface area contributed by atoms with E-state index in [1.165, 1.54) is 10.7 Å². The van der Waals surface area contributed by atoms with Crippen LogP contribution in [0.5, 0.6) is 5.75 Å². The minimum absolute atomic E-state index is 0.231. The van der Waals surface area contributed by atoms with E-state index in [-0.39, 0.29) is 18.2 Å². The van der Waals surface area contributed by atoms with Gasteiger partial charge >= 0.3 is 0 Å². The molecule has 0 radical (unpaired) electrons. The Morgan fingerprint density at radius 2 is 1.96 bits per heavy atom.